The van der Waals surface area contributed by atoms with E-state index in [-0.39, 0.29) is 27.0 Å². The number of carboxylic acids is 1. The molecule has 2 N–H and O–H groups in total. The number of carbonyl (C=O) groups is 2. The van der Waals surface area contributed by atoms with Gasteiger partial charge >= 0.3 is 5.97 Å². The Balaban J connectivity index is 2.24. The van der Waals surface area contributed by atoms with Crippen molar-refractivity contribution in [1.29, 1.82) is 0 Å². The third kappa shape index (κ3) is 3.96. The monoisotopic (exact) mass is 371 g/mol. The second-order valence-electron chi connectivity index (χ2n) is 4.66. The standard InChI is InChI=1S/C16H12Cl2FNO4/c1-2-24-14-11(17)5-8(6-12(14)18)15(21)20-9-3-4-10(16(22)23)13(19)7-9/h3-7H,2H2,1H3,(H,20,21)(H,22,23). The van der Waals surface area contributed by atoms with Gasteiger partial charge in [-0.15, -0.1) is 0 Å². The number of rotatable bonds is 5. The number of hydrogen-bond donors (Lipinski definition) is 2. The van der Waals surface area contributed by atoms with Crippen molar-refractivity contribution in [2.45, 2.75) is 6.92 Å². The van der Waals surface area contributed by atoms with E-state index in [0.717, 1.165) is 12.1 Å². The number of hydrogen-bond acceptors (Lipinski definition) is 3. The fourth-order valence-electron chi connectivity index (χ4n) is 1.94. The maximum Gasteiger partial charge on any atom is 0.338 e. The molecule has 0 heterocycles. The molecular weight excluding hydrogens is 360 g/mol. The largest absolute Gasteiger partial charge is 0.491 e. The molecule has 0 saturated carbocycles. The molecule has 5 nitrogen and oxygen atoms in total. The highest BCUT2D eigenvalue weighted by Gasteiger charge is 2.16. The van der Waals surface area contributed by atoms with E-state index in [9.17, 15) is 14.0 Å². The molecule has 0 unspecified atom stereocenters. The fourth-order valence-corrected chi connectivity index (χ4v) is 2.54. The molecule has 0 spiro atoms. The van der Waals surface area contributed by atoms with Crippen molar-refractivity contribution in [2.24, 2.45) is 0 Å². The Morgan fingerprint density at radius 3 is 2.33 bits per heavy atom. The summed E-state index contributed by atoms with van der Waals surface area (Å²) < 4.78 is 18.9. The molecule has 0 aromatic heterocycles. The van der Waals surface area contributed by atoms with Gasteiger partial charge in [-0.2, -0.15) is 0 Å². The Kier molecular flexibility index (Phi) is 5.64. The van der Waals surface area contributed by atoms with E-state index in [1.807, 2.05) is 0 Å². The van der Waals surface area contributed by atoms with Gasteiger partial charge in [0.25, 0.3) is 5.91 Å². The second-order valence-corrected chi connectivity index (χ2v) is 5.47. The maximum absolute atomic E-state index is 13.6. The zero-order valence-corrected chi connectivity index (χ0v) is 13.9. The second kappa shape index (κ2) is 7.51. The van der Waals surface area contributed by atoms with Crippen molar-refractivity contribution in [3.63, 3.8) is 0 Å². The van der Waals surface area contributed by atoms with Crippen LogP contribution in [0.25, 0.3) is 0 Å². The molecule has 0 fully saturated rings. The Bertz CT molecular complexity index is 788. The first-order valence-electron chi connectivity index (χ1n) is 6.79. The molecule has 0 radical (unpaired) electrons. The van der Waals surface area contributed by atoms with E-state index in [2.05, 4.69) is 5.32 Å². The third-order valence-corrected chi connectivity index (χ3v) is 3.57. The van der Waals surface area contributed by atoms with Gasteiger partial charge in [0, 0.05) is 11.3 Å². The summed E-state index contributed by atoms with van der Waals surface area (Å²) in [6.45, 7) is 2.13. The van der Waals surface area contributed by atoms with Crippen molar-refractivity contribution in [2.75, 3.05) is 11.9 Å². The third-order valence-electron chi connectivity index (χ3n) is 3.01. The number of amides is 1. The van der Waals surface area contributed by atoms with E-state index in [1.54, 1.807) is 6.92 Å². The van der Waals surface area contributed by atoms with Crippen LogP contribution in [0.3, 0.4) is 0 Å². The molecule has 0 bridgehead atoms. The van der Waals surface area contributed by atoms with Gasteiger partial charge in [-0.3, -0.25) is 4.79 Å². The first-order chi connectivity index (χ1) is 11.3. The Hall–Kier alpha value is -2.31. The van der Waals surface area contributed by atoms with Crippen molar-refractivity contribution in [3.05, 3.63) is 57.3 Å². The SMILES string of the molecule is CCOc1c(Cl)cc(C(=O)Nc2ccc(C(=O)O)c(F)c2)cc1Cl. The van der Waals surface area contributed by atoms with Crippen LogP contribution < -0.4 is 10.1 Å². The van der Waals surface area contributed by atoms with E-state index < -0.39 is 23.3 Å². The smallest absolute Gasteiger partial charge is 0.338 e. The number of carbonyl (C=O) groups excluding carboxylic acids is 1. The Labute approximate surface area is 147 Å². The quantitative estimate of drug-likeness (QED) is 0.812. The van der Waals surface area contributed by atoms with Gasteiger partial charge in [0.05, 0.1) is 22.2 Å². The van der Waals surface area contributed by atoms with Crippen LogP contribution in [-0.4, -0.2) is 23.6 Å². The van der Waals surface area contributed by atoms with Crippen molar-refractivity contribution >= 4 is 40.8 Å². The summed E-state index contributed by atoms with van der Waals surface area (Å²) in [5.74, 6) is -2.66. The van der Waals surface area contributed by atoms with Crippen LogP contribution in [0.2, 0.25) is 10.0 Å². The summed E-state index contributed by atoms with van der Waals surface area (Å²) in [4.78, 5) is 23.0. The normalized spacial score (nSPS) is 10.3. The van der Waals surface area contributed by atoms with E-state index >= 15 is 0 Å². The lowest BCUT2D eigenvalue weighted by Gasteiger charge is -2.11. The molecule has 2 rings (SSSR count). The Morgan fingerprint density at radius 2 is 1.83 bits per heavy atom. The zero-order chi connectivity index (χ0) is 17.9. The Morgan fingerprint density at radius 1 is 1.21 bits per heavy atom. The number of anilines is 1. The minimum absolute atomic E-state index is 0.101. The number of benzene rings is 2. The van der Waals surface area contributed by atoms with Crippen molar-refractivity contribution in [1.82, 2.24) is 0 Å². The highest BCUT2D eigenvalue weighted by Crippen LogP contribution is 2.34. The molecule has 1 amide bonds. The predicted octanol–water partition coefficient (Wildman–Crippen LogP) is 4.48. The molecule has 0 aliphatic rings. The van der Waals surface area contributed by atoms with Crippen molar-refractivity contribution in [3.8, 4) is 5.75 Å². The molecule has 2 aromatic carbocycles. The number of halogens is 3. The summed E-state index contributed by atoms with van der Waals surface area (Å²) in [6, 6.07) is 6.00. The highest BCUT2D eigenvalue weighted by molar-refractivity contribution is 6.37. The minimum atomic E-state index is -1.39. The van der Waals surface area contributed by atoms with Crippen LogP contribution in [0.15, 0.2) is 30.3 Å². The summed E-state index contributed by atoms with van der Waals surface area (Å²) in [5.41, 5.74) is -0.236. The lowest BCUT2D eigenvalue weighted by atomic mass is 10.1. The van der Waals surface area contributed by atoms with Crippen LogP contribution in [0.4, 0.5) is 10.1 Å². The molecule has 126 valence electrons. The van der Waals surface area contributed by atoms with Gasteiger partial charge in [-0.25, -0.2) is 9.18 Å². The van der Waals surface area contributed by atoms with Crippen LogP contribution >= 0.6 is 23.2 Å². The molecule has 0 atom stereocenters. The maximum atomic E-state index is 13.6. The molecule has 0 aliphatic heterocycles. The van der Waals surface area contributed by atoms with Crippen LogP contribution in [-0.2, 0) is 0 Å². The number of nitrogens with one attached hydrogen (secondary N) is 1. The minimum Gasteiger partial charge on any atom is -0.491 e. The number of carboxylic acid groups (broad SMARTS) is 1. The molecule has 2 aromatic rings. The fraction of sp³-hybridized carbons (Fsp3) is 0.125. The molecule has 24 heavy (non-hydrogen) atoms. The molecule has 0 aliphatic carbocycles. The van der Waals surface area contributed by atoms with Gasteiger partial charge in [-0.1, -0.05) is 23.2 Å². The van der Waals surface area contributed by atoms with Gasteiger partial charge < -0.3 is 15.2 Å². The van der Waals surface area contributed by atoms with Gasteiger partial charge in [0.15, 0.2) is 5.75 Å². The summed E-state index contributed by atoms with van der Waals surface area (Å²) in [7, 11) is 0. The number of ether oxygens (including phenoxy) is 1. The topological polar surface area (TPSA) is 75.6 Å². The lowest BCUT2D eigenvalue weighted by molar-refractivity contribution is 0.0692. The van der Waals surface area contributed by atoms with Crippen LogP contribution in [0, 0.1) is 5.82 Å². The first-order valence-corrected chi connectivity index (χ1v) is 7.55. The average molecular weight is 372 g/mol. The predicted molar refractivity (Wildman–Crippen MR) is 88.9 cm³/mol. The highest BCUT2D eigenvalue weighted by atomic mass is 35.5. The molecular formula is C16H12Cl2FNO4. The summed E-state index contributed by atoms with van der Waals surface area (Å²) in [5, 5.41) is 11.6. The van der Waals surface area contributed by atoms with Crippen LogP contribution in [0.1, 0.15) is 27.6 Å². The van der Waals surface area contributed by atoms with E-state index in [0.29, 0.717) is 6.61 Å². The van der Waals surface area contributed by atoms with Crippen molar-refractivity contribution < 1.29 is 23.8 Å². The molecule has 0 saturated heterocycles. The molecule has 8 heteroatoms. The van der Waals surface area contributed by atoms with E-state index in [1.165, 1.54) is 18.2 Å². The number of aromatic carboxylic acids is 1. The average Bonchev–Trinajstić information content (AvgIpc) is 2.50. The zero-order valence-electron chi connectivity index (χ0n) is 12.4. The van der Waals surface area contributed by atoms with Gasteiger partial charge in [-0.05, 0) is 37.3 Å². The lowest BCUT2D eigenvalue weighted by Crippen LogP contribution is -2.13. The summed E-state index contributed by atoms with van der Waals surface area (Å²) >= 11 is 12.1. The van der Waals surface area contributed by atoms with Gasteiger partial charge in [0.1, 0.15) is 5.82 Å². The van der Waals surface area contributed by atoms with Crippen LogP contribution in [0.5, 0.6) is 5.75 Å². The summed E-state index contributed by atoms with van der Waals surface area (Å²) in [6.07, 6.45) is 0. The van der Waals surface area contributed by atoms with E-state index in [4.69, 9.17) is 33.0 Å². The first kappa shape index (κ1) is 18.0. The van der Waals surface area contributed by atoms with Gasteiger partial charge in [0.2, 0.25) is 0 Å².